The van der Waals surface area contributed by atoms with Crippen molar-refractivity contribution in [1.29, 1.82) is 0 Å². The fraction of sp³-hybridized carbons (Fsp3) is 0.438. The number of halogens is 1. The highest BCUT2D eigenvalue weighted by Gasteiger charge is 2.28. The molecule has 1 aromatic carbocycles. The third-order valence-electron chi connectivity index (χ3n) is 4.02. The number of hydrogen-bond acceptors (Lipinski definition) is 4. The Morgan fingerprint density at radius 3 is 2.60 bits per heavy atom. The maximum absolute atomic E-state index is 13.0. The van der Waals surface area contributed by atoms with Crippen LogP contribution in [0.25, 0.3) is 5.57 Å². The highest BCUT2D eigenvalue weighted by Crippen LogP contribution is 2.23. The molecule has 0 spiro atoms. The Morgan fingerprint density at radius 2 is 2.08 bits per heavy atom. The number of nitrogens with one attached hydrogen (secondary N) is 2. The lowest BCUT2D eigenvalue weighted by Crippen LogP contribution is -2.51. The van der Waals surface area contributed by atoms with Crippen LogP contribution >= 0.6 is 12.2 Å². The monoisotopic (exact) mass is 387 g/mol. The van der Waals surface area contributed by atoms with E-state index >= 15 is 0 Å². The third-order valence-corrected chi connectivity index (χ3v) is 5.99. The SMILES string of the molecule is CCCC(NS(=O)(=O)N1CC=C(c2ccc(F)cc2)CC1)C(=S)NO. The van der Waals surface area contributed by atoms with Gasteiger partial charge in [0.15, 0.2) is 0 Å². The molecule has 0 fully saturated rings. The van der Waals surface area contributed by atoms with E-state index in [-0.39, 0.29) is 17.4 Å². The van der Waals surface area contributed by atoms with Gasteiger partial charge in [-0.15, -0.1) is 0 Å². The first-order valence-electron chi connectivity index (χ1n) is 8.03. The Balaban J connectivity index is 2.06. The van der Waals surface area contributed by atoms with Crippen molar-refractivity contribution >= 4 is 33.0 Å². The van der Waals surface area contributed by atoms with Crippen molar-refractivity contribution in [3.05, 3.63) is 41.7 Å². The Morgan fingerprint density at radius 1 is 1.40 bits per heavy atom. The van der Waals surface area contributed by atoms with E-state index in [1.165, 1.54) is 16.4 Å². The Hall–Kier alpha value is -1.39. The van der Waals surface area contributed by atoms with E-state index in [0.717, 1.165) is 11.1 Å². The molecule has 1 heterocycles. The highest BCUT2D eigenvalue weighted by atomic mass is 32.2. The van der Waals surface area contributed by atoms with Gasteiger partial charge in [-0.3, -0.25) is 10.7 Å². The Bertz CT molecular complexity index is 735. The fourth-order valence-electron chi connectivity index (χ4n) is 2.66. The second-order valence-corrected chi connectivity index (χ2v) is 7.93. The molecule has 1 aromatic rings. The van der Waals surface area contributed by atoms with Gasteiger partial charge in [0, 0.05) is 13.1 Å². The molecule has 0 radical (unpaired) electrons. The fourth-order valence-corrected chi connectivity index (χ4v) is 4.26. The van der Waals surface area contributed by atoms with Crippen molar-refractivity contribution in [2.75, 3.05) is 13.1 Å². The molecule has 6 nitrogen and oxygen atoms in total. The largest absolute Gasteiger partial charge is 0.291 e. The molecule has 9 heteroatoms. The van der Waals surface area contributed by atoms with E-state index in [9.17, 15) is 12.8 Å². The summed E-state index contributed by atoms with van der Waals surface area (Å²) in [4.78, 5) is 0.0463. The van der Waals surface area contributed by atoms with Crippen molar-refractivity contribution in [3.8, 4) is 0 Å². The van der Waals surface area contributed by atoms with Crippen LogP contribution in [0.15, 0.2) is 30.3 Å². The van der Waals surface area contributed by atoms with Crippen LogP contribution in [0.3, 0.4) is 0 Å². The average molecular weight is 388 g/mol. The van der Waals surface area contributed by atoms with Crippen LogP contribution in [-0.4, -0.2) is 42.1 Å². The van der Waals surface area contributed by atoms with Gasteiger partial charge >= 0.3 is 0 Å². The lowest BCUT2D eigenvalue weighted by atomic mass is 10.0. The number of thiocarbonyl (C=S) groups is 1. The first-order valence-corrected chi connectivity index (χ1v) is 9.88. The van der Waals surface area contributed by atoms with Crippen molar-refractivity contribution in [2.24, 2.45) is 0 Å². The highest BCUT2D eigenvalue weighted by molar-refractivity contribution is 7.87. The molecule has 0 amide bonds. The molecule has 0 saturated carbocycles. The maximum Gasteiger partial charge on any atom is 0.280 e. The van der Waals surface area contributed by atoms with Crippen molar-refractivity contribution in [3.63, 3.8) is 0 Å². The lowest BCUT2D eigenvalue weighted by Gasteiger charge is -2.28. The van der Waals surface area contributed by atoms with Crippen LogP contribution in [0.4, 0.5) is 4.39 Å². The molecular formula is C16H22FN3O3S2. The van der Waals surface area contributed by atoms with Crippen LogP contribution in [0.5, 0.6) is 0 Å². The smallest absolute Gasteiger partial charge is 0.280 e. The standard InChI is InChI=1S/C16H22FN3O3S2/c1-2-3-15(16(24)18-21)19-25(22,23)20-10-8-13(9-11-20)12-4-6-14(17)7-5-12/h4-8,15,19,21H,2-3,9-11H2,1H3,(H,18,24). The third kappa shape index (κ3) is 5.29. The average Bonchev–Trinajstić information content (AvgIpc) is 2.61. The van der Waals surface area contributed by atoms with Gasteiger partial charge in [-0.05, 0) is 36.1 Å². The van der Waals surface area contributed by atoms with Gasteiger partial charge < -0.3 is 0 Å². The van der Waals surface area contributed by atoms with Gasteiger partial charge in [0.25, 0.3) is 10.2 Å². The van der Waals surface area contributed by atoms with Crippen LogP contribution in [0.1, 0.15) is 31.7 Å². The molecule has 1 aliphatic heterocycles. The second kappa shape index (κ2) is 8.81. The molecule has 1 atom stereocenters. The molecular weight excluding hydrogens is 365 g/mol. The molecule has 0 saturated heterocycles. The zero-order chi connectivity index (χ0) is 18.4. The normalized spacial score (nSPS) is 17.0. The molecule has 25 heavy (non-hydrogen) atoms. The van der Waals surface area contributed by atoms with Crippen molar-refractivity contribution in [2.45, 2.75) is 32.2 Å². The maximum atomic E-state index is 13.0. The van der Waals surface area contributed by atoms with Gasteiger partial charge in [0.2, 0.25) is 0 Å². The first-order chi connectivity index (χ1) is 11.9. The molecule has 0 aromatic heterocycles. The van der Waals surface area contributed by atoms with Gasteiger partial charge in [-0.1, -0.05) is 43.8 Å². The summed E-state index contributed by atoms with van der Waals surface area (Å²) in [5, 5.41) is 8.94. The number of benzene rings is 1. The zero-order valence-electron chi connectivity index (χ0n) is 13.9. The summed E-state index contributed by atoms with van der Waals surface area (Å²) in [6.07, 6.45) is 3.56. The van der Waals surface area contributed by atoms with E-state index in [1.54, 1.807) is 12.1 Å². The van der Waals surface area contributed by atoms with Crippen LogP contribution in [0, 0.1) is 5.82 Å². The summed E-state index contributed by atoms with van der Waals surface area (Å²) >= 11 is 4.96. The van der Waals surface area contributed by atoms with E-state index in [2.05, 4.69) is 4.72 Å². The molecule has 138 valence electrons. The zero-order valence-corrected chi connectivity index (χ0v) is 15.5. The Kier molecular flexibility index (Phi) is 7.03. The molecule has 0 bridgehead atoms. The quantitative estimate of drug-likeness (QED) is 0.494. The minimum Gasteiger partial charge on any atom is -0.291 e. The van der Waals surface area contributed by atoms with E-state index in [0.29, 0.717) is 25.8 Å². The number of hydrogen-bond donors (Lipinski definition) is 3. The first kappa shape index (κ1) is 19.9. The number of hydroxylamine groups is 1. The summed E-state index contributed by atoms with van der Waals surface area (Å²) < 4.78 is 41.9. The van der Waals surface area contributed by atoms with E-state index in [1.807, 2.05) is 18.5 Å². The molecule has 1 unspecified atom stereocenters. The minimum atomic E-state index is -3.73. The van der Waals surface area contributed by atoms with Crippen molar-refractivity contribution in [1.82, 2.24) is 14.5 Å². The molecule has 3 N–H and O–H groups in total. The predicted octanol–water partition coefficient (Wildman–Crippen LogP) is 2.22. The minimum absolute atomic E-state index is 0.0463. The lowest BCUT2D eigenvalue weighted by molar-refractivity contribution is 0.232. The number of nitrogens with zero attached hydrogens (tertiary/aromatic N) is 1. The topological polar surface area (TPSA) is 81.7 Å². The molecule has 0 aliphatic carbocycles. The summed E-state index contributed by atoms with van der Waals surface area (Å²) in [5.74, 6) is -0.302. The van der Waals surface area contributed by atoms with Gasteiger partial charge in [0.1, 0.15) is 10.8 Å². The van der Waals surface area contributed by atoms with Crippen LogP contribution < -0.4 is 10.2 Å². The van der Waals surface area contributed by atoms with E-state index < -0.39 is 16.3 Å². The van der Waals surface area contributed by atoms with Gasteiger partial charge in [-0.25, -0.2) is 4.39 Å². The van der Waals surface area contributed by atoms with Gasteiger partial charge in [0.05, 0.1) is 6.04 Å². The summed E-state index contributed by atoms with van der Waals surface area (Å²) in [7, 11) is -3.73. The molecule has 1 aliphatic rings. The summed E-state index contributed by atoms with van der Waals surface area (Å²) in [6.45, 7) is 2.44. The second-order valence-electron chi connectivity index (χ2n) is 5.78. The van der Waals surface area contributed by atoms with Crippen molar-refractivity contribution < 1.29 is 18.0 Å². The van der Waals surface area contributed by atoms with Gasteiger partial charge in [-0.2, -0.15) is 17.4 Å². The number of rotatable bonds is 7. The predicted molar refractivity (Wildman–Crippen MR) is 98.8 cm³/mol. The van der Waals surface area contributed by atoms with E-state index in [4.69, 9.17) is 17.4 Å². The molecule has 2 rings (SSSR count). The Labute approximate surface area is 152 Å². The summed E-state index contributed by atoms with van der Waals surface area (Å²) in [5.41, 5.74) is 3.73. The van der Waals surface area contributed by atoms with Crippen LogP contribution in [0.2, 0.25) is 0 Å². The van der Waals surface area contributed by atoms with Crippen LogP contribution in [-0.2, 0) is 10.2 Å². The summed E-state index contributed by atoms with van der Waals surface area (Å²) in [6, 6.07) is 5.49.